The van der Waals surface area contributed by atoms with Gasteiger partial charge in [-0.1, -0.05) is 47.5 Å². The standard InChI is InChI=1S/C31H21Cl2F3N4O4/c1-43-26-15-22(33)14-19(28(26)44-17-27(41)38-23-11-9-21(32)10-12-23)16-37-40-29(18-5-4-6-20(13-18)31(34,35)36)39-25-8-3-2-7-24(25)30(40)42/h2-16H,17H2,1H3,(H,38,41). The fourth-order valence-corrected chi connectivity index (χ4v) is 4.57. The number of carbonyl (C=O) groups is 1. The molecule has 4 aromatic carbocycles. The van der Waals surface area contributed by atoms with Crippen molar-refractivity contribution >= 4 is 51.9 Å². The molecule has 0 radical (unpaired) electrons. The molecule has 0 saturated heterocycles. The van der Waals surface area contributed by atoms with Crippen LogP contribution in [0.5, 0.6) is 11.5 Å². The van der Waals surface area contributed by atoms with Crippen LogP contribution in [0, 0.1) is 0 Å². The number of hydrogen-bond donors (Lipinski definition) is 1. The number of hydrogen-bond acceptors (Lipinski definition) is 6. The number of methoxy groups -OCH3 is 1. The molecule has 13 heteroatoms. The lowest BCUT2D eigenvalue weighted by Crippen LogP contribution is -2.21. The van der Waals surface area contributed by atoms with Gasteiger partial charge in [-0.05, 0) is 54.6 Å². The zero-order valence-electron chi connectivity index (χ0n) is 22.7. The van der Waals surface area contributed by atoms with E-state index in [-0.39, 0.29) is 44.4 Å². The van der Waals surface area contributed by atoms with Crippen molar-refractivity contribution in [2.45, 2.75) is 6.18 Å². The molecule has 0 bridgehead atoms. The minimum Gasteiger partial charge on any atom is -0.493 e. The van der Waals surface area contributed by atoms with E-state index in [1.165, 1.54) is 43.7 Å². The van der Waals surface area contributed by atoms with Crippen LogP contribution in [-0.4, -0.2) is 35.5 Å². The largest absolute Gasteiger partial charge is 0.493 e. The van der Waals surface area contributed by atoms with E-state index in [9.17, 15) is 22.8 Å². The first-order valence-electron chi connectivity index (χ1n) is 12.8. The molecule has 1 amide bonds. The topological polar surface area (TPSA) is 94.8 Å². The van der Waals surface area contributed by atoms with Gasteiger partial charge in [-0.25, -0.2) is 4.98 Å². The molecule has 1 heterocycles. The zero-order chi connectivity index (χ0) is 31.4. The van der Waals surface area contributed by atoms with E-state index in [0.717, 1.165) is 16.8 Å². The summed E-state index contributed by atoms with van der Waals surface area (Å²) < 4.78 is 52.6. The second kappa shape index (κ2) is 12.8. The average molecular weight is 641 g/mol. The lowest BCUT2D eigenvalue weighted by Gasteiger charge is -2.15. The second-order valence-corrected chi connectivity index (χ2v) is 10.1. The van der Waals surface area contributed by atoms with Crippen molar-refractivity contribution in [1.82, 2.24) is 9.66 Å². The number of nitrogens with one attached hydrogen (secondary N) is 1. The molecule has 0 saturated carbocycles. The van der Waals surface area contributed by atoms with Gasteiger partial charge in [0.05, 0.1) is 29.8 Å². The molecule has 0 unspecified atom stereocenters. The number of alkyl halides is 3. The highest BCUT2D eigenvalue weighted by Gasteiger charge is 2.31. The molecule has 5 rings (SSSR count). The number of fused-ring (bicyclic) bond motifs is 1. The van der Waals surface area contributed by atoms with Crippen molar-refractivity contribution in [3.05, 3.63) is 116 Å². The van der Waals surface area contributed by atoms with E-state index in [2.05, 4.69) is 15.4 Å². The molecule has 0 aliphatic carbocycles. The average Bonchev–Trinajstić information content (AvgIpc) is 3.00. The molecule has 5 aromatic rings. The number of nitrogens with zero attached hydrogens (tertiary/aromatic N) is 3. The van der Waals surface area contributed by atoms with Crippen molar-refractivity contribution in [1.29, 1.82) is 0 Å². The van der Waals surface area contributed by atoms with Crippen LogP contribution in [0.2, 0.25) is 10.0 Å². The van der Waals surface area contributed by atoms with Crippen molar-refractivity contribution in [3.63, 3.8) is 0 Å². The van der Waals surface area contributed by atoms with Gasteiger partial charge < -0.3 is 14.8 Å². The fourth-order valence-electron chi connectivity index (χ4n) is 4.23. The Hall–Kier alpha value is -4.87. The predicted octanol–water partition coefficient (Wildman–Crippen LogP) is 7.30. The minimum atomic E-state index is -4.62. The van der Waals surface area contributed by atoms with Gasteiger partial charge in [0.1, 0.15) is 0 Å². The summed E-state index contributed by atoms with van der Waals surface area (Å²) in [6.07, 6.45) is -3.40. The molecule has 1 aromatic heterocycles. The number of halogens is 5. The van der Waals surface area contributed by atoms with Crippen LogP contribution in [0.4, 0.5) is 18.9 Å². The van der Waals surface area contributed by atoms with Crippen LogP contribution in [0.3, 0.4) is 0 Å². The maximum absolute atomic E-state index is 13.6. The molecular formula is C31H21Cl2F3N4O4. The van der Waals surface area contributed by atoms with Crippen molar-refractivity contribution < 1.29 is 27.4 Å². The Morgan fingerprint density at radius 2 is 1.75 bits per heavy atom. The van der Waals surface area contributed by atoms with Gasteiger partial charge in [-0.2, -0.15) is 22.9 Å². The summed E-state index contributed by atoms with van der Waals surface area (Å²) in [7, 11) is 1.37. The Balaban J connectivity index is 1.55. The van der Waals surface area contributed by atoms with Gasteiger partial charge in [0.15, 0.2) is 23.9 Å². The number of ether oxygens (including phenoxy) is 2. The molecular weight excluding hydrogens is 620 g/mol. The number of carbonyl (C=O) groups excluding carboxylic acids is 1. The number of anilines is 1. The van der Waals surface area contributed by atoms with Crippen molar-refractivity contribution in [2.24, 2.45) is 5.10 Å². The summed E-state index contributed by atoms with van der Waals surface area (Å²) in [6.45, 7) is -0.436. The van der Waals surface area contributed by atoms with Gasteiger partial charge in [0, 0.05) is 32.9 Å². The molecule has 44 heavy (non-hydrogen) atoms. The Morgan fingerprint density at radius 3 is 2.48 bits per heavy atom. The number of amides is 1. The molecule has 0 fully saturated rings. The molecule has 0 aliphatic rings. The van der Waals surface area contributed by atoms with E-state index in [1.807, 2.05) is 0 Å². The summed E-state index contributed by atoms with van der Waals surface area (Å²) in [5, 5.41) is 7.90. The first kappa shape index (κ1) is 30.6. The molecule has 0 spiro atoms. The van der Waals surface area contributed by atoms with Gasteiger partial charge in [-0.3, -0.25) is 9.59 Å². The van der Waals surface area contributed by atoms with Crippen LogP contribution in [-0.2, 0) is 11.0 Å². The van der Waals surface area contributed by atoms with E-state index in [4.69, 9.17) is 32.7 Å². The molecule has 0 aliphatic heterocycles. The predicted molar refractivity (Wildman–Crippen MR) is 163 cm³/mol. The molecule has 1 N–H and O–H groups in total. The quantitative estimate of drug-likeness (QED) is 0.180. The SMILES string of the molecule is COc1cc(Cl)cc(C=Nn2c(-c3cccc(C(F)(F)F)c3)nc3ccccc3c2=O)c1OCC(=O)Nc1ccc(Cl)cc1. The lowest BCUT2D eigenvalue weighted by atomic mass is 10.1. The maximum Gasteiger partial charge on any atom is 0.416 e. The number of aromatic nitrogens is 2. The van der Waals surface area contributed by atoms with Crippen LogP contribution < -0.4 is 20.3 Å². The van der Waals surface area contributed by atoms with Crippen LogP contribution in [0.15, 0.2) is 94.8 Å². The first-order chi connectivity index (χ1) is 21.0. The smallest absolute Gasteiger partial charge is 0.416 e. The van der Waals surface area contributed by atoms with Crippen LogP contribution >= 0.6 is 23.2 Å². The fraction of sp³-hybridized carbons (Fsp3) is 0.0968. The first-order valence-corrected chi connectivity index (χ1v) is 13.6. The van der Waals surface area contributed by atoms with Gasteiger partial charge in [0.2, 0.25) is 0 Å². The molecule has 8 nitrogen and oxygen atoms in total. The van der Waals surface area contributed by atoms with Gasteiger partial charge in [-0.15, -0.1) is 0 Å². The summed E-state index contributed by atoms with van der Waals surface area (Å²) in [5.74, 6) is -0.376. The summed E-state index contributed by atoms with van der Waals surface area (Å²) in [4.78, 5) is 30.6. The Kier molecular flexibility index (Phi) is 8.88. The van der Waals surface area contributed by atoms with Crippen LogP contribution in [0.25, 0.3) is 22.3 Å². The normalized spacial score (nSPS) is 11.6. The molecule has 224 valence electrons. The number of benzene rings is 4. The molecule has 0 atom stereocenters. The third-order valence-corrected chi connectivity index (χ3v) is 6.73. The highest BCUT2D eigenvalue weighted by molar-refractivity contribution is 6.31. The van der Waals surface area contributed by atoms with Gasteiger partial charge >= 0.3 is 6.18 Å². The van der Waals surface area contributed by atoms with E-state index >= 15 is 0 Å². The Bertz CT molecular complexity index is 1940. The van der Waals surface area contributed by atoms with Crippen LogP contribution in [0.1, 0.15) is 11.1 Å². The lowest BCUT2D eigenvalue weighted by molar-refractivity contribution is -0.137. The maximum atomic E-state index is 13.6. The summed E-state index contributed by atoms with van der Waals surface area (Å²) in [5.41, 5.74) is -0.546. The highest BCUT2D eigenvalue weighted by atomic mass is 35.5. The third kappa shape index (κ3) is 6.85. The Morgan fingerprint density at radius 1 is 1.00 bits per heavy atom. The summed E-state index contributed by atoms with van der Waals surface area (Å²) in [6, 6.07) is 20.2. The third-order valence-electron chi connectivity index (χ3n) is 6.26. The van der Waals surface area contributed by atoms with Crippen molar-refractivity contribution in [2.75, 3.05) is 19.0 Å². The Labute approximate surface area is 258 Å². The zero-order valence-corrected chi connectivity index (χ0v) is 24.2. The summed E-state index contributed by atoms with van der Waals surface area (Å²) >= 11 is 12.2. The monoisotopic (exact) mass is 640 g/mol. The highest BCUT2D eigenvalue weighted by Crippen LogP contribution is 2.35. The van der Waals surface area contributed by atoms with E-state index in [1.54, 1.807) is 42.5 Å². The van der Waals surface area contributed by atoms with E-state index < -0.39 is 29.8 Å². The van der Waals surface area contributed by atoms with E-state index in [0.29, 0.717) is 10.7 Å². The number of rotatable bonds is 8. The van der Waals surface area contributed by atoms with Crippen molar-refractivity contribution in [3.8, 4) is 22.9 Å². The second-order valence-electron chi connectivity index (χ2n) is 9.26. The van der Waals surface area contributed by atoms with Gasteiger partial charge in [0.25, 0.3) is 11.5 Å². The number of para-hydroxylation sites is 1. The minimum absolute atomic E-state index is 0.0128.